The Morgan fingerprint density at radius 3 is 2.25 bits per heavy atom. The molecule has 0 amide bonds. The van der Waals surface area contributed by atoms with Crippen molar-refractivity contribution in [3.8, 4) is 0 Å². The van der Waals surface area contributed by atoms with Crippen molar-refractivity contribution in [3.63, 3.8) is 0 Å². The third-order valence-electron chi connectivity index (χ3n) is 5.07. The first-order valence-electron chi connectivity index (χ1n) is 8.76. The molecule has 5 rings (SSSR count). The van der Waals surface area contributed by atoms with E-state index in [9.17, 15) is 0 Å². The molecular formula is C24H16Cl2CrN. The Labute approximate surface area is 185 Å². The number of halogens is 2. The summed E-state index contributed by atoms with van der Waals surface area (Å²) >= 11 is 3.35. The predicted molar refractivity (Wildman–Crippen MR) is 105 cm³/mol. The average molecular weight is 441 g/mol. The van der Waals surface area contributed by atoms with Crippen molar-refractivity contribution in [3.05, 3.63) is 101 Å². The van der Waals surface area contributed by atoms with Crippen LogP contribution in [0.5, 0.6) is 0 Å². The van der Waals surface area contributed by atoms with Gasteiger partial charge >= 0.3 is 161 Å². The number of allylic oxidation sites excluding steroid dienone is 4. The van der Waals surface area contributed by atoms with Crippen molar-refractivity contribution in [1.82, 2.24) is 4.98 Å². The molecule has 0 radical (unpaired) electrons. The van der Waals surface area contributed by atoms with Crippen molar-refractivity contribution in [2.24, 2.45) is 0 Å². The molecule has 0 saturated carbocycles. The first-order chi connectivity index (χ1) is 12.8. The average Bonchev–Trinajstić information content (AvgIpc) is 3.08. The van der Waals surface area contributed by atoms with Crippen LogP contribution >= 0.6 is 0 Å². The SMILES string of the molecule is [Cl-].[Cl-].[Cr+2][C]1=C(c2cccc3cccnc23)CC=C1c1cccc2ccccc12. The molecule has 1 nitrogen and oxygen atoms in total. The number of fused-ring (bicyclic) bond motifs is 2. The van der Waals surface area contributed by atoms with Crippen molar-refractivity contribution in [2.45, 2.75) is 6.42 Å². The third kappa shape index (κ3) is 3.39. The minimum atomic E-state index is 0. The number of rotatable bonds is 2. The summed E-state index contributed by atoms with van der Waals surface area (Å²) in [7, 11) is 0. The van der Waals surface area contributed by atoms with E-state index < -0.39 is 0 Å². The predicted octanol–water partition coefficient (Wildman–Crippen LogP) is 0.141. The Kier molecular flexibility index (Phi) is 6.28. The van der Waals surface area contributed by atoms with Gasteiger partial charge in [0.15, 0.2) is 0 Å². The molecule has 0 aliphatic heterocycles. The number of pyridine rings is 1. The molecule has 0 spiro atoms. The first kappa shape index (κ1) is 20.7. The summed E-state index contributed by atoms with van der Waals surface area (Å²) in [4.78, 5) is 4.64. The van der Waals surface area contributed by atoms with E-state index in [0.29, 0.717) is 0 Å². The van der Waals surface area contributed by atoms with Crippen LogP contribution in [-0.4, -0.2) is 4.98 Å². The van der Waals surface area contributed by atoms with Gasteiger partial charge in [-0.25, -0.2) is 0 Å². The van der Waals surface area contributed by atoms with E-state index >= 15 is 0 Å². The van der Waals surface area contributed by atoms with Gasteiger partial charge in [0.1, 0.15) is 0 Å². The topological polar surface area (TPSA) is 12.9 Å². The number of aromatic nitrogens is 1. The molecule has 28 heavy (non-hydrogen) atoms. The fraction of sp³-hybridized carbons (Fsp3) is 0.0417. The van der Waals surface area contributed by atoms with Gasteiger partial charge < -0.3 is 24.8 Å². The molecule has 0 atom stereocenters. The summed E-state index contributed by atoms with van der Waals surface area (Å²) in [6.07, 6.45) is 5.14. The molecule has 0 bridgehead atoms. The van der Waals surface area contributed by atoms with Gasteiger partial charge in [-0.15, -0.1) is 0 Å². The molecule has 0 fully saturated rings. The molecule has 4 heteroatoms. The van der Waals surface area contributed by atoms with Crippen molar-refractivity contribution in [2.75, 3.05) is 0 Å². The number of benzene rings is 3. The Hall–Kier alpha value is -2.08. The first-order valence-corrected chi connectivity index (χ1v) is 9.39. The Bertz CT molecular complexity index is 1130. The molecule has 0 saturated heterocycles. The fourth-order valence-electron chi connectivity index (χ4n) is 3.82. The van der Waals surface area contributed by atoms with Crippen LogP contribution in [0, 0.1) is 0 Å². The summed E-state index contributed by atoms with van der Waals surface area (Å²) in [5.74, 6) is 0. The van der Waals surface area contributed by atoms with Gasteiger partial charge in [0.2, 0.25) is 0 Å². The summed E-state index contributed by atoms with van der Waals surface area (Å²) in [6, 6.07) is 25.7. The molecule has 4 aromatic rings. The van der Waals surface area contributed by atoms with E-state index in [4.69, 9.17) is 0 Å². The standard InChI is InChI=1S/C24H16N.2ClH.Cr/c1-2-10-21-17(6-1)7-3-11-22(21)19-13-14-20(16-19)23-12-4-8-18-9-5-15-25-24(18)23;;;/h1-13,15H,14H2;2*1H;/q;;;+2/p-2. The maximum atomic E-state index is 4.64. The molecule has 137 valence electrons. The Morgan fingerprint density at radius 2 is 1.39 bits per heavy atom. The molecular weight excluding hydrogens is 425 g/mol. The van der Waals surface area contributed by atoms with Crippen LogP contribution in [0.3, 0.4) is 0 Å². The number of para-hydroxylation sites is 1. The second kappa shape index (κ2) is 8.52. The van der Waals surface area contributed by atoms with Crippen LogP contribution in [0.15, 0.2) is 89.5 Å². The van der Waals surface area contributed by atoms with Gasteiger partial charge in [-0.05, 0) is 0 Å². The van der Waals surface area contributed by atoms with Crippen LogP contribution in [0.25, 0.3) is 32.8 Å². The number of hydrogen-bond acceptors (Lipinski definition) is 1. The zero-order valence-corrected chi connectivity index (χ0v) is 17.7. The van der Waals surface area contributed by atoms with Gasteiger partial charge in [-0.2, -0.15) is 0 Å². The second-order valence-electron chi connectivity index (χ2n) is 6.54. The van der Waals surface area contributed by atoms with Crippen LogP contribution in [0.4, 0.5) is 0 Å². The minimum absolute atomic E-state index is 0. The molecule has 1 aliphatic carbocycles. The summed E-state index contributed by atoms with van der Waals surface area (Å²) in [5, 5.41) is 3.76. The van der Waals surface area contributed by atoms with Crippen molar-refractivity contribution < 1.29 is 41.1 Å². The number of hydrogen-bond donors (Lipinski definition) is 0. The molecule has 1 aliphatic rings. The van der Waals surface area contributed by atoms with E-state index in [-0.39, 0.29) is 24.8 Å². The van der Waals surface area contributed by atoms with Crippen LogP contribution < -0.4 is 24.8 Å². The Balaban J connectivity index is 0.00000112. The van der Waals surface area contributed by atoms with Crippen molar-refractivity contribution in [1.29, 1.82) is 0 Å². The van der Waals surface area contributed by atoms with Gasteiger partial charge in [-0.1, -0.05) is 0 Å². The Morgan fingerprint density at radius 1 is 0.714 bits per heavy atom. The zero-order valence-electron chi connectivity index (χ0n) is 14.9. The summed E-state index contributed by atoms with van der Waals surface area (Å²) in [5.41, 5.74) is 6.22. The quantitative estimate of drug-likeness (QED) is 0.432. The monoisotopic (exact) mass is 440 g/mol. The van der Waals surface area contributed by atoms with Gasteiger partial charge in [0.25, 0.3) is 0 Å². The van der Waals surface area contributed by atoms with Gasteiger partial charge in [0, 0.05) is 0 Å². The van der Waals surface area contributed by atoms with E-state index in [2.05, 4.69) is 94.1 Å². The van der Waals surface area contributed by atoms with E-state index in [1.165, 1.54) is 42.9 Å². The third-order valence-corrected chi connectivity index (χ3v) is 5.79. The van der Waals surface area contributed by atoms with Crippen LogP contribution in [0.1, 0.15) is 17.5 Å². The van der Waals surface area contributed by atoms with Gasteiger partial charge in [0.05, 0.1) is 0 Å². The maximum absolute atomic E-state index is 4.64. The molecule has 1 heterocycles. The summed E-state index contributed by atoms with van der Waals surface area (Å²) < 4.78 is 1.24. The molecule has 0 N–H and O–H groups in total. The summed E-state index contributed by atoms with van der Waals surface area (Å²) in [6.45, 7) is 0. The van der Waals surface area contributed by atoms with E-state index in [1.54, 1.807) is 0 Å². The van der Waals surface area contributed by atoms with Crippen LogP contribution in [-0.2, 0) is 16.3 Å². The van der Waals surface area contributed by atoms with E-state index in [0.717, 1.165) is 11.9 Å². The molecule has 1 aromatic heterocycles. The fourth-order valence-corrected chi connectivity index (χ4v) is 4.43. The second-order valence-corrected chi connectivity index (χ2v) is 7.17. The van der Waals surface area contributed by atoms with Crippen LogP contribution in [0.2, 0.25) is 0 Å². The normalized spacial score (nSPS) is 13.2. The molecule has 3 aromatic carbocycles. The van der Waals surface area contributed by atoms with Gasteiger partial charge in [-0.3, -0.25) is 0 Å². The number of nitrogens with zero attached hydrogens (tertiary/aromatic N) is 1. The molecule has 0 unspecified atom stereocenters. The zero-order chi connectivity index (χ0) is 17.5. The van der Waals surface area contributed by atoms with Crippen molar-refractivity contribution >= 4 is 32.8 Å². The van der Waals surface area contributed by atoms with E-state index in [1.807, 2.05) is 12.3 Å².